The maximum absolute atomic E-state index is 2.53. The van der Waals surface area contributed by atoms with Gasteiger partial charge in [-0.2, -0.15) is 0 Å². The van der Waals surface area contributed by atoms with E-state index in [1.165, 1.54) is 11.1 Å². The fourth-order valence-electron chi connectivity index (χ4n) is 2.20. The van der Waals surface area contributed by atoms with E-state index >= 15 is 0 Å². The van der Waals surface area contributed by atoms with Gasteiger partial charge >= 0.3 is 103 Å². The van der Waals surface area contributed by atoms with Crippen LogP contribution in [-0.2, 0) is 0 Å². The van der Waals surface area contributed by atoms with Gasteiger partial charge in [0.05, 0.1) is 0 Å². The SMILES string of the molecule is [CH3][Sn]1([CH3])[c]2sccc2C=Cc2ccs[c]21. The van der Waals surface area contributed by atoms with Crippen molar-refractivity contribution in [3.05, 3.63) is 34.0 Å². The Morgan fingerprint density at radius 1 is 0.867 bits per heavy atom. The van der Waals surface area contributed by atoms with Crippen LogP contribution in [0.2, 0.25) is 9.88 Å². The molecule has 0 saturated carbocycles. The summed E-state index contributed by atoms with van der Waals surface area (Å²) in [5.74, 6) is 0. The van der Waals surface area contributed by atoms with Crippen molar-refractivity contribution in [3.8, 4) is 0 Å². The molecule has 0 spiro atoms. The Kier molecular flexibility index (Phi) is 2.34. The van der Waals surface area contributed by atoms with Crippen LogP contribution >= 0.6 is 22.7 Å². The molecule has 2 aromatic heterocycles. The van der Waals surface area contributed by atoms with Crippen LogP contribution in [0.25, 0.3) is 12.2 Å². The van der Waals surface area contributed by atoms with E-state index in [1.54, 1.807) is 5.79 Å². The second-order valence-corrected chi connectivity index (χ2v) is 20.4. The molecule has 0 radical (unpaired) electrons. The Morgan fingerprint density at radius 3 is 1.80 bits per heavy atom. The van der Waals surface area contributed by atoms with Gasteiger partial charge in [-0.05, 0) is 0 Å². The molecule has 3 heterocycles. The fraction of sp³-hybridized carbons (Fsp3) is 0.167. The molecule has 0 aromatic carbocycles. The second-order valence-electron chi connectivity index (χ2n) is 4.37. The molecule has 0 amide bonds. The van der Waals surface area contributed by atoms with Crippen molar-refractivity contribution < 1.29 is 0 Å². The van der Waals surface area contributed by atoms with Crippen molar-refractivity contribution in [1.82, 2.24) is 0 Å². The van der Waals surface area contributed by atoms with Gasteiger partial charge < -0.3 is 0 Å². The molecule has 0 fully saturated rings. The van der Waals surface area contributed by atoms with E-state index in [0.29, 0.717) is 0 Å². The quantitative estimate of drug-likeness (QED) is 0.647. The molecule has 0 atom stereocenters. The third-order valence-electron chi connectivity index (χ3n) is 2.97. The van der Waals surface area contributed by atoms with Crippen LogP contribution < -0.4 is 5.79 Å². The number of fused-ring (bicyclic) bond motifs is 2. The van der Waals surface area contributed by atoms with Crippen molar-refractivity contribution in [2.75, 3.05) is 0 Å². The summed E-state index contributed by atoms with van der Waals surface area (Å²) < 4.78 is 3.39. The van der Waals surface area contributed by atoms with Crippen LogP contribution in [0.3, 0.4) is 0 Å². The molecule has 0 saturated heterocycles. The minimum absolute atomic E-state index is 1.48. The summed E-state index contributed by atoms with van der Waals surface area (Å²) in [4.78, 5) is 5.07. The molecular formula is C12H12S2Sn. The van der Waals surface area contributed by atoms with Gasteiger partial charge in [-0.25, -0.2) is 0 Å². The molecule has 0 aliphatic carbocycles. The third kappa shape index (κ3) is 1.46. The van der Waals surface area contributed by atoms with Gasteiger partial charge in [0.1, 0.15) is 0 Å². The Morgan fingerprint density at radius 2 is 1.33 bits per heavy atom. The number of hydrogen-bond donors (Lipinski definition) is 0. The van der Waals surface area contributed by atoms with Gasteiger partial charge in [-0.1, -0.05) is 0 Å². The number of thiophene rings is 2. The second kappa shape index (κ2) is 3.47. The molecule has 3 rings (SSSR count). The van der Waals surface area contributed by atoms with E-state index in [0.717, 1.165) is 0 Å². The van der Waals surface area contributed by atoms with Gasteiger partial charge in [0.2, 0.25) is 0 Å². The van der Waals surface area contributed by atoms with Crippen LogP contribution in [0.1, 0.15) is 11.1 Å². The van der Waals surface area contributed by atoms with Gasteiger partial charge in [0.15, 0.2) is 0 Å². The zero-order chi connectivity index (χ0) is 10.5. The topological polar surface area (TPSA) is 0 Å². The minimum atomic E-state index is -2.21. The van der Waals surface area contributed by atoms with E-state index in [-0.39, 0.29) is 0 Å². The summed E-state index contributed by atoms with van der Waals surface area (Å²) in [6, 6.07) is 4.54. The van der Waals surface area contributed by atoms with Crippen LogP contribution in [0.4, 0.5) is 0 Å². The average molecular weight is 339 g/mol. The number of rotatable bonds is 0. The molecule has 0 unspecified atom stereocenters. The van der Waals surface area contributed by atoms with Crippen LogP contribution in [0.5, 0.6) is 0 Å². The summed E-state index contributed by atoms with van der Waals surface area (Å²) >= 11 is 1.72. The standard InChI is InChI=1S/C10H6S2.2CH3.Sn/c1(9-3-5-11-7-9)2-10-4-6-12-8-10;;;/h1-6H;2*1H3;. The van der Waals surface area contributed by atoms with Crippen molar-refractivity contribution >= 4 is 59.0 Å². The van der Waals surface area contributed by atoms with Crippen LogP contribution in [-0.4, -0.2) is 18.4 Å². The Labute approximate surface area is 102 Å². The molecule has 1 aliphatic rings. The van der Waals surface area contributed by atoms with Crippen molar-refractivity contribution in [1.29, 1.82) is 0 Å². The Bertz CT molecular complexity index is 485. The van der Waals surface area contributed by atoms with Crippen LogP contribution in [0.15, 0.2) is 22.9 Å². The van der Waals surface area contributed by atoms with E-state index in [2.05, 4.69) is 44.9 Å². The van der Waals surface area contributed by atoms with Crippen LogP contribution in [0, 0.1) is 0 Å². The summed E-state index contributed by atoms with van der Waals surface area (Å²) in [7, 11) is 0. The monoisotopic (exact) mass is 340 g/mol. The maximum atomic E-state index is 2.53. The van der Waals surface area contributed by atoms with Crippen molar-refractivity contribution in [2.24, 2.45) is 0 Å². The number of hydrogen-bond acceptors (Lipinski definition) is 2. The zero-order valence-corrected chi connectivity index (χ0v) is 13.3. The van der Waals surface area contributed by atoms with E-state index < -0.39 is 18.4 Å². The molecule has 0 N–H and O–H groups in total. The third-order valence-corrected chi connectivity index (χ3v) is 21.4. The molecule has 0 bridgehead atoms. The molecule has 0 nitrogen and oxygen atoms in total. The van der Waals surface area contributed by atoms with Gasteiger partial charge in [-0.15, -0.1) is 0 Å². The fourth-order valence-corrected chi connectivity index (χ4v) is 17.7. The Balaban J connectivity index is 2.34. The molecular weight excluding hydrogens is 327 g/mol. The summed E-state index contributed by atoms with van der Waals surface area (Å²) in [6.07, 6.45) is 4.59. The first-order valence-electron chi connectivity index (χ1n) is 5.03. The normalized spacial score (nSPS) is 16.9. The van der Waals surface area contributed by atoms with E-state index in [1.807, 2.05) is 22.7 Å². The molecule has 3 heteroatoms. The average Bonchev–Trinajstić information content (AvgIpc) is 2.82. The van der Waals surface area contributed by atoms with Crippen molar-refractivity contribution in [3.63, 3.8) is 0 Å². The van der Waals surface area contributed by atoms with Crippen molar-refractivity contribution in [2.45, 2.75) is 9.88 Å². The zero-order valence-electron chi connectivity index (χ0n) is 8.78. The van der Waals surface area contributed by atoms with E-state index in [4.69, 9.17) is 0 Å². The molecule has 76 valence electrons. The first-order chi connectivity index (χ1) is 7.19. The van der Waals surface area contributed by atoms with E-state index in [9.17, 15) is 0 Å². The summed E-state index contributed by atoms with van der Waals surface area (Å²) in [6.45, 7) is 0. The molecule has 15 heavy (non-hydrogen) atoms. The summed E-state index contributed by atoms with van der Waals surface area (Å²) in [5, 5.41) is 4.48. The van der Waals surface area contributed by atoms with Gasteiger partial charge in [-0.3, -0.25) is 0 Å². The first-order valence-corrected chi connectivity index (χ1v) is 15.4. The van der Waals surface area contributed by atoms with Gasteiger partial charge in [0.25, 0.3) is 0 Å². The predicted molar refractivity (Wildman–Crippen MR) is 74.3 cm³/mol. The van der Waals surface area contributed by atoms with Gasteiger partial charge in [0, 0.05) is 0 Å². The molecule has 2 aromatic rings. The Hall–Kier alpha value is -0.0613. The summed E-state index contributed by atoms with van der Waals surface area (Å²) in [5.41, 5.74) is 2.95. The first kappa shape index (κ1) is 10.1. The molecule has 1 aliphatic heterocycles. The predicted octanol–water partition coefficient (Wildman–Crippen LogP) is 3.12.